The molecule has 3 heterocycles. The van der Waals surface area contributed by atoms with Crippen LogP contribution in [-0.4, -0.2) is 75.3 Å². The molecule has 0 spiro atoms. The minimum absolute atomic E-state index is 0.106. The van der Waals surface area contributed by atoms with E-state index in [9.17, 15) is 18.0 Å². The van der Waals surface area contributed by atoms with Crippen LogP contribution in [0.1, 0.15) is 47.3 Å². The van der Waals surface area contributed by atoms with E-state index in [4.69, 9.17) is 0 Å². The summed E-state index contributed by atoms with van der Waals surface area (Å²) in [5, 5.41) is 2.84. The number of rotatable bonds is 6. The zero-order valence-corrected chi connectivity index (χ0v) is 21.6. The normalized spacial score (nSPS) is 19.3. The largest absolute Gasteiger partial charge is 0.358 e. The molecule has 3 N–H and O–H groups in total. The number of H-pyrrole nitrogens is 1. The van der Waals surface area contributed by atoms with Crippen LogP contribution in [0.2, 0.25) is 0 Å². The van der Waals surface area contributed by atoms with Gasteiger partial charge in [0.2, 0.25) is 15.9 Å². The van der Waals surface area contributed by atoms with Gasteiger partial charge in [-0.05, 0) is 81.6 Å². The topological polar surface area (TPSA) is 115 Å². The summed E-state index contributed by atoms with van der Waals surface area (Å²) in [7, 11) is -0.211. The predicted octanol–water partition coefficient (Wildman–Crippen LogP) is 2.00. The number of hydrogen-bond acceptors (Lipinski definition) is 5. The van der Waals surface area contributed by atoms with Gasteiger partial charge >= 0.3 is 0 Å². The van der Waals surface area contributed by atoms with E-state index in [1.165, 1.54) is 30.4 Å². The molecular formula is C26H33N5O4S. The highest BCUT2D eigenvalue weighted by molar-refractivity contribution is 7.89. The SMILES string of the molecule is CNS(=O)(=O)c1ccc2c(c1)/C(=C/c1[nH]c3c(c1CCC(=O)N1CCN(C)CC1)CCCC3)C(=O)N2. The van der Waals surface area contributed by atoms with E-state index in [1.807, 2.05) is 11.0 Å². The number of sulfonamides is 1. The van der Waals surface area contributed by atoms with Gasteiger partial charge in [-0.2, -0.15) is 0 Å². The van der Waals surface area contributed by atoms with Gasteiger partial charge in [-0.15, -0.1) is 0 Å². The lowest BCUT2D eigenvalue weighted by Gasteiger charge is -2.32. The minimum Gasteiger partial charge on any atom is -0.358 e. The van der Waals surface area contributed by atoms with E-state index in [-0.39, 0.29) is 16.7 Å². The van der Waals surface area contributed by atoms with E-state index in [0.29, 0.717) is 29.7 Å². The molecule has 1 aliphatic carbocycles. The minimum atomic E-state index is -3.65. The molecule has 2 amide bonds. The molecule has 1 fully saturated rings. The Labute approximate surface area is 212 Å². The van der Waals surface area contributed by atoms with Gasteiger partial charge in [0.15, 0.2) is 0 Å². The van der Waals surface area contributed by atoms with Crippen molar-refractivity contribution in [3.05, 3.63) is 46.3 Å². The fraction of sp³-hybridized carbons (Fsp3) is 0.462. The Morgan fingerprint density at radius 1 is 1.14 bits per heavy atom. The number of benzene rings is 1. The summed E-state index contributed by atoms with van der Waals surface area (Å²) in [4.78, 5) is 33.7. The predicted molar refractivity (Wildman–Crippen MR) is 139 cm³/mol. The molecule has 0 saturated carbocycles. The highest BCUT2D eigenvalue weighted by Crippen LogP contribution is 2.37. The fourth-order valence-corrected chi connectivity index (χ4v) is 6.13. The van der Waals surface area contributed by atoms with Crippen LogP contribution < -0.4 is 10.0 Å². The van der Waals surface area contributed by atoms with Crippen molar-refractivity contribution in [1.82, 2.24) is 19.5 Å². The maximum Gasteiger partial charge on any atom is 0.256 e. The molecule has 1 saturated heterocycles. The molecule has 1 aromatic heterocycles. The molecule has 0 radical (unpaired) electrons. The summed E-state index contributed by atoms with van der Waals surface area (Å²) in [5.74, 6) is -0.102. The Bertz CT molecular complexity index is 1340. The highest BCUT2D eigenvalue weighted by atomic mass is 32.2. The average Bonchev–Trinajstić information content (AvgIpc) is 3.39. The number of nitrogens with zero attached hydrogens (tertiary/aromatic N) is 2. The number of aromatic nitrogens is 1. The van der Waals surface area contributed by atoms with Crippen LogP contribution in [0, 0.1) is 0 Å². The van der Waals surface area contributed by atoms with Crippen LogP contribution >= 0.6 is 0 Å². The first-order valence-corrected chi connectivity index (χ1v) is 14.0. The number of piperazine rings is 1. The van der Waals surface area contributed by atoms with Gasteiger partial charge in [0.25, 0.3) is 5.91 Å². The lowest BCUT2D eigenvalue weighted by atomic mass is 9.92. The summed E-state index contributed by atoms with van der Waals surface area (Å²) >= 11 is 0. The van der Waals surface area contributed by atoms with Crippen LogP contribution in [-0.2, 0) is 38.9 Å². The van der Waals surface area contributed by atoms with Gasteiger partial charge in [0.05, 0.1) is 10.5 Å². The third-order valence-corrected chi connectivity index (χ3v) is 8.94. The Morgan fingerprint density at radius 3 is 2.64 bits per heavy atom. The van der Waals surface area contributed by atoms with Crippen molar-refractivity contribution >= 4 is 39.2 Å². The standard InChI is InChI=1S/C26H33N5O4S/c1-27-36(34,35)17-7-9-23-20(15-17)21(26(33)29-23)16-24-19(18-5-3-4-6-22(18)28-24)8-10-25(32)31-13-11-30(2)12-14-31/h7,9,15-16,27-28H,3-6,8,10-14H2,1-2H3,(H,29,33)/b21-16-. The molecule has 9 nitrogen and oxygen atoms in total. The van der Waals surface area contributed by atoms with E-state index >= 15 is 0 Å². The summed E-state index contributed by atoms with van der Waals surface area (Å²) in [5.41, 5.74) is 5.95. The average molecular weight is 512 g/mol. The lowest BCUT2D eigenvalue weighted by molar-refractivity contribution is -0.132. The van der Waals surface area contributed by atoms with Crippen LogP contribution in [0.15, 0.2) is 23.1 Å². The summed E-state index contributed by atoms with van der Waals surface area (Å²) < 4.78 is 27.0. The molecular weight excluding hydrogens is 478 g/mol. The molecule has 192 valence electrons. The van der Waals surface area contributed by atoms with Crippen molar-refractivity contribution in [2.24, 2.45) is 0 Å². The van der Waals surface area contributed by atoms with E-state index in [2.05, 4.69) is 27.0 Å². The number of aromatic amines is 1. The van der Waals surface area contributed by atoms with Crippen molar-refractivity contribution in [3.63, 3.8) is 0 Å². The first kappa shape index (κ1) is 24.7. The second-order valence-electron chi connectivity index (χ2n) is 9.79. The van der Waals surface area contributed by atoms with Gasteiger partial charge in [0, 0.05) is 55.2 Å². The van der Waals surface area contributed by atoms with Crippen molar-refractivity contribution in [3.8, 4) is 0 Å². The summed E-state index contributed by atoms with van der Waals surface area (Å²) in [6.07, 6.45) is 6.99. The number of anilines is 1. The number of amides is 2. The van der Waals surface area contributed by atoms with Crippen LogP contribution in [0.25, 0.3) is 11.6 Å². The van der Waals surface area contributed by atoms with E-state index in [1.54, 1.807) is 6.07 Å². The molecule has 2 aliphatic heterocycles. The zero-order chi connectivity index (χ0) is 25.4. The summed E-state index contributed by atoms with van der Waals surface area (Å²) in [6, 6.07) is 4.63. The van der Waals surface area contributed by atoms with Crippen LogP contribution in [0.3, 0.4) is 0 Å². The van der Waals surface area contributed by atoms with E-state index < -0.39 is 10.0 Å². The number of hydrogen-bond donors (Lipinski definition) is 3. The molecule has 1 aromatic carbocycles. The maximum absolute atomic E-state index is 13.0. The Morgan fingerprint density at radius 2 is 1.89 bits per heavy atom. The maximum atomic E-state index is 13.0. The molecule has 36 heavy (non-hydrogen) atoms. The Balaban J connectivity index is 1.47. The smallest absolute Gasteiger partial charge is 0.256 e. The van der Waals surface area contributed by atoms with Crippen molar-refractivity contribution in [2.75, 3.05) is 45.6 Å². The van der Waals surface area contributed by atoms with Gasteiger partial charge in [0.1, 0.15) is 0 Å². The number of nitrogens with one attached hydrogen (secondary N) is 3. The van der Waals surface area contributed by atoms with Crippen LogP contribution in [0.4, 0.5) is 5.69 Å². The third kappa shape index (κ3) is 4.72. The van der Waals surface area contributed by atoms with E-state index in [0.717, 1.165) is 63.1 Å². The zero-order valence-electron chi connectivity index (χ0n) is 20.8. The molecule has 0 bridgehead atoms. The Hall–Kier alpha value is -2.95. The van der Waals surface area contributed by atoms with Gasteiger partial charge in [-0.1, -0.05) is 0 Å². The molecule has 5 rings (SSSR count). The number of likely N-dealkylation sites (N-methyl/N-ethyl adjacent to an activating group) is 1. The highest BCUT2D eigenvalue weighted by Gasteiger charge is 2.28. The summed E-state index contributed by atoms with van der Waals surface area (Å²) in [6.45, 7) is 3.30. The first-order chi connectivity index (χ1) is 17.3. The van der Waals surface area contributed by atoms with Crippen molar-refractivity contribution in [2.45, 2.75) is 43.4 Å². The van der Waals surface area contributed by atoms with Gasteiger partial charge in [-0.25, -0.2) is 13.1 Å². The number of fused-ring (bicyclic) bond motifs is 2. The third-order valence-electron chi connectivity index (χ3n) is 7.53. The number of aryl methyl sites for hydroxylation is 1. The fourth-order valence-electron chi connectivity index (χ4n) is 5.37. The molecule has 2 aromatic rings. The quantitative estimate of drug-likeness (QED) is 0.514. The molecule has 3 aliphatic rings. The van der Waals surface area contributed by atoms with Crippen molar-refractivity contribution in [1.29, 1.82) is 0 Å². The molecule has 10 heteroatoms. The first-order valence-electron chi connectivity index (χ1n) is 12.6. The van der Waals surface area contributed by atoms with Crippen molar-refractivity contribution < 1.29 is 18.0 Å². The molecule has 0 atom stereocenters. The van der Waals surface area contributed by atoms with Crippen LogP contribution in [0.5, 0.6) is 0 Å². The van der Waals surface area contributed by atoms with Gasteiger partial charge in [-0.3, -0.25) is 9.59 Å². The van der Waals surface area contributed by atoms with Gasteiger partial charge < -0.3 is 20.1 Å². The number of carbonyl (C=O) groups excluding carboxylic acids is 2. The Kier molecular flexibility index (Phi) is 6.76. The monoisotopic (exact) mass is 511 g/mol. The second-order valence-corrected chi connectivity index (χ2v) is 11.7. The lowest BCUT2D eigenvalue weighted by Crippen LogP contribution is -2.47. The number of carbonyl (C=O) groups is 2. The second kappa shape index (κ2) is 9.84. The molecule has 0 unspecified atom stereocenters.